The molecule has 0 amide bonds. The highest BCUT2D eigenvalue weighted by Crippen LogP contribution is 2.64. The molecule has 0 heterocycles. The Bertz CT molecular complexity index is 2870. The largest absolute Gasteiger partial charge is 0.0725 e. The standard InChI is InChI=1S/C55H35/c1-3-17-37(18-4-1)39-21-13-23-41(35-39)43-28-15-29-46(53(43)42-24-14-22-40(36-42)38-19-5-2-6-20-38)47-30-16-34-52-54(47)48-27-9-12-33-51(48)55(52)49-31-10-7-25-44(49)45-26-8-11-32-50(45)55/h1-27,29-36H. The Kier molecular flexibility index (Phi) is 7.19. The SMILES string of the molecule is [c]1ccc(-c2cccc3c2-c2ccccc2C32c3ccccc3-c3ccccc32)c(-c2cccc(-c3ccccc3)c2)c1-c1cccc(-c2ccccc2)c1. The van der Waals surface area contributed by atoms with Crippen LogP contribution in [0.15, 0.2) is 212 Å². The van der Waals surface area contributed by atoms with Crippen molar-refractivity contribution in [2.45, 2.75) is 5.41 Å². The molecular weight excluding hydrogens is 661 g/mol. The molecule has 0 saturated heterocycles. The maximum atomic E-state index is 3.76. The fraction of sp³-hybridized carbons (Fsp3) is 0.0182. The van der Waals surface area contributed by atoms with Gasteiger partial charge in [-0.3, -0.25) is 0 Å². The van der Waals surface area contributed by atoms with Crippen molar-refractivity contribution in [1.82, 2.24) is 0 Å². The summed E-state index contributed by atoms with van der Waals surface area (Å²) >= 11 is 0. The molecule has 2 aliphatic carbocycles. The van der Waals surface area contributed by atoms with Gasteiger partial charge in [0.2, 0.25) is 0 Å². The second-order valence-corrected chi connectivity index (χ2v) is 14.6. The molecule has 0 saturated carbocycles. The molecule has 0 atom stereocenters. The van der Waals surface area contributed by atoms with E-state index in [1.165, 1.54) is 89.0 Å². The van der Waals surface area contributed by atoms with E-state index >= 15 is 0 Å². The van der Waals surface area contributed by atoms with Crippen LogP contribution in [0.25, 0.3) is 77.9 Å². The van der Waals surface area contributed by atoms with Crippen molar-refractivity contribution in [3.63, 3.8) is 0 Å². The van der Waals surface area contributed by atoms with Gasteiger partial charge in [0.25, 0.3) is 0 Å². The summed E-state index contributed by atoms with van der Waals surface area (Å²) in [4.78, 5) is 0. The first kappa shape index (κ1) is 31.5. The van der Waals surface area contributed by atoms with Crippen LogP contribution in [-0.2, 0) is 5.41 Å². The first-order chi connectivity index (χ1) is 27.3. The van der Waals surface area contributed by atoms with Gasteiger partial charge in [-0.1, -0.05) is 200 Å². The number of benzene rings is 9. The highest BCUT2D eigenvalue weighted by atomic mass is 14.5. The first-order valence-corrected chi connectivity index (χ1v) is 19.1. The second-order valence-electron chi connectivity index (χ2n) is 14.6. The lowest BCUT2D eigenvalue weighted by molar-refractivity contribution is 0.794. The summed E-state index contributed by atoms with van der Waals surface area (Å²) in [5.74, 6) is 0. The van der Waals surface area contributed by atoms with Crippen molar-refractivity contribution in [3.05, 3.63) is 241 Å². The molecule has 0 nitrogen and oxygen atoms in total. The van der Waals surface area contributed by atoms with E-state index in [0.717, 1.165) is 11.1 Å². The Labute approximate surface area is 322 Å². The Morgan fingerprint density at radius 2 is 0.691 bits per heavy atom. The summed E-state index contributed by atoms with van der Waals surface area (Å²) in [6.07, 6.45) is 0. The van der Waals surface area contributed by atoms with E-state index < -0.39 is 5.41 Å². The number of hydrogen-bond donors (Lipinski definition) is 0. The molecule has 55 heavy (non-hydrogen) atoms. The predicted molar refractivity (Wildman–Crippen MR) is 229 cm³/mol. The van der Waals surface area contributed by atoms with Gasteiger partial charge in [0, 0.05) is 0 Å². The lowest BCUT2D eigenvalue weighted by Crippen LogP contribution is -2.25. The summed E-state index contributed by atoms with van der Waals surface area (Å²) < 4.78 is 0. The van der Waals surface area contributed by atoms with Crippen LogP contribution in [-0.4, -0.2) is 0 Å². The van der Waals surface area contributed by atoms with Crippen LogP contribution < -0.4 is 0 Å². The highest BCUT2D eigenvalue weighted by molar-refractivity contribution is 6.04. The molecule has 0 aromatic heterocycles. The van der Waals surface area contributed by atoms with E-state index in [2.05, 4.69) is 218 Å². The Balaban J connectivity index is 1.21. The normalized spacial score (nSPS) is 12.9. The minimum atomic E-state index is -0.406. The third-order valence-corrected chi connectivity index (χ3v) is 11.8. The van der Waals surface area contributed by atoms with Gasteiger partial charge in [-0.25, -0.2) is 0 Å². The van der Waals surface area contributed by atoms with Crippen molar-refractivity contribution in [3.8, 4) is 77.9 Å². The summed E-state index contributed by atoms with van der Waals surface area (Å²) in [7, 11) is 0. The van der Waals surface area contributed by atoms with Crippen LogP contribution in [0.1, 0.15) is 22.3 Å². The topological polar surface area (TPSA) is 0 Å². The van der Waals surface area contributed by atoms with Crippen LogP contribution in [0.2, 0.25) is 0 Å². The van der Waals surface area contributed by atoms with Crippen LogP contribution in [0.3, 0.4) is 0 Å². The molecule has 2 aliphatic rings. The minimum absolute atomic E-state index is 0.406. The van der Waals surface area contributed by atoms with Gasteiger partial charge in [-0.2, -0.15) is 0 Å². The summed E-state index contributed by atoms with van der Waals surface area (Å²) in [6, 6.07) is 81.7. The number of fused-ring (bicyclic) bond motifs is 10. The molecular formula is C55H35. The van der Waals surface area contributed by atoms with Gasteiger partial charge in [0.05, 0.1) is 5.41 Å². The van der Waals surface area contributed by atoms with Gasteiger partial charge >= 0.3 is 0 Å². The van der Waals surface area contributed by atoms with Crippen molar-refractivity contribution in [1.29, 1.82) is 0 Å². The zero-order valence-corrected chi connectivity index (χ0v) is 30.2. The molecule has 0 N–H and O–H groups in total. The monoisotopic (exact) mass is 695 g/mol. The average Bonchev–Trinajstić information content (AvgIpc) is 3.74. The molecule has 9 aromatic carbocycles. The smallest absolute Gasteiger partial charge is 0.0622 e. The third kappa shape index (κ3) is 4.72. The Morgan fingerprint density at radius 3 is 1.33 bits per heavy atom. The quantitative estimate of drug-likeness (QED) is 0.168. The van der Waals surface area contributed by atoms with Crippen molar-refractivity contribution >= 4 is 0 Å². The molecule has 0 bridgehead atoms. The van der Waals surface area contributed by atoms with Crippen molar-refractivity contribution in [2.75, 3.05) is 0 Å². The molecule has 11 rings (SSSR count). The van der Waals surface area contributed by atoms with Gasteiger partial charge in [-0.05, 0) is 118 Å². The van der Waals surface area contributed by atoms with E-state index in [1.807, 2.05) is 0 Å². The first-order valence-electron chi connectivity index (χ1n) is 19.1. The van der Waals surface area contributed by atoms with Crippen molar-refractivity contribution < 1.29 is 0 Å². The van der Waals surface area contributed by atoms with Gasteiger partial charge in [0.15, 0.2) is 0 Å². The van der Waals surface area contributed by atoms with Gasteiger partial charge < -0.3 is 0 Å². The summed E-state index contributed by atoms with van der Waals surface area (Å²) in [5.41, 5.74) is 22.1. The zero-order valence-electron chi connectivity index (χ0n) is 30.2. The predicted octanol–water partition coefficient (Wildman–Crippen LogP) is 14.2. The average molecular weight is 696 g/mol. The third-order valence-electron chi connectivity index (χ3n) is 11.8. The maximum Gasteiger partial charge on any atom is 0.0725 e. The van der Waals surface area contributed by atoms with Crippen LogP contribution in [0.5, 0.6) is 0 Å². The lowest BCUT2D eigenvalue weighted by atomic mass is 9.70. The molecule has 1 spiro atoms. The van der Waals surface area contributed by atoms with Crippen LogP contribution >= 0.6 is 0 Å². The van der Waals surface area contributed by atoms with E-state index in [4.69, 9.17) is 0 Å². The lowest BCUT2D eigenvalue weighted by Gasteiger charge is -2.30. The molecule has 0 unspecified atom stereocenters. The van der Waals surface area contributed by atoms with Crippen LogP contribution in [0.4, 0.5) is 0 Å². The van der Waals surface area contributed by atoms with Crippen LogP contribution in [0, 0.1) is 6.07 Å². The summed E-state index contributed by atoms with van der Waals surface area (Å²) in [5, 5.41) is 0. The van der Waals surface area contributed by atoms with E-state index in [0.29, 0.717) is 0 Å². The van der Waals surface area contributed by atoms with Gasteiger partial charge in [-0.15, -0.1) is 0 Å². The fourth-order valence-electron chi connectivity index (χ4n) is 9.59. The molecule has 0 aliphatic heterocycles. The summed E-state index contributed by atoms with van der Waals surface area (Å²) in [6.45, 7) is 0. The van der Waals surface area contributed by atoms with E-state index in [-0.39, 0.29) is 0 Å². The van der Waals surface area contributed by atoms with Gasteiger partial charge in [0.1, 0.15) is 0 Å². The second kappa shape index (κ2) is 12.5. The molecule has 0 heteroatoms. The van der Waals surface area contributed by atoms with Crippen molar-refractivity contribution in [2.24, 2.45) is 0 Å². The minimum Gasteiger partial charge on any atom is -0.0622 e. The van der Waals surface area contributed by atoms with E-state index in [9.17, 15) is 0 Å². The molecule has 0 fully saturated rings. The Hall–Kier alpha value is -7.02. The maximum absolute atomic E-state index is 3.76. The number of hydrogen-bond acceptors (Lipinski definition) is 0. The molecule has 255 valence electrons. The molecule has 1 radical (unpaired) electrons. The highest BCUT2D eigenvalue weighted by Gasteiger charge is 2.52. The molecule has 9 aromatic rings. The fourth-order valence-corrected chi connectivity index (χ4v) is 9.59. The Morgan fingerprint density at radius 1 is 0.273 bits per heavy atom. The number of rotatable bonds is 5. The van der Waals surface area contributed by atoms with E-state index in [1.54, 1.807) is 0 Å². The zero-order chi connectivity index (χ0) is 36.3.